The molecule has 0 aliphatic carbocycles. The number of hydrogen-bond donors (Lipinski definition) is 1. The van der Waals surface area contributed by atoms with Gasteiger partial charge in [-0.25, -0.2) is 9.97 Å². The van der Waals surface area contributed by atoms with Crippen molar-refractivity contribution in [1.82, 2.24) is 9.97 Å². The summed E-state index contributed by atoms with van der Waals surface area (Å²) in [7, 11) is 0. The van der Waals surface area contributed by atoms with Gasteiger partial charge in [-0.05, 0) is 36.7 Å². The van der Waals surface area contributed by atoms with Crippen LogP contribution in [0.15, 0.2) is 36.5 Å². The van der Waals surface area contributed by atoms with Crippen molar-refractivity contribution in [3.05, 3.63) is 47.4 Å². The van der Waals surface area contributed by atoms with Crippen LogP contribution in [0.25, 0.3) is 0 Å². The molecule has 0 amide bonds. The van der Waals surface area contributed by atoms with Gasteiger partial charge < -0.3 is 5.32 Å². The van der Waals surface area contributed by atoms with Gasteiger partial charge in [0.1, 0.15) is 5.82 Å². The maximum absolute atomic E-state index is 5.67. The lowest BCUT2D eigenvalue weighted by atomic mass is 10.2. The molecule has 76 valence electrons. The molecule has 0 aliphatic rings. The fourth-order valence-electron chi connectivity index (χ4n) is 1.19. The van der Waals surface area contributed by atoms with Crippen molar-refractivity contribution < 1.29 is 0 Å². The van der Waals surface area contributed by atoms with E-state index in [1.807, 2.05) is 31.2 Å². The lowest BCUT2D eigenvalue weighted by Gasteiger charge is -2.05. The zero-order valence-corrected chi connectivity index (χ0v) is 8.99. The molecule has 0 aliphatic heterocycles. The molecule has 1 N–H and O–H groups in total. The molecule has 2 rings (SSSR count). The minimum absolute atomic E-state index is 0.243. The van der Waals surface area contributed by atoms with Gasteiger partial charge in [0.05, 0.1) is 0 Å². The highest BCUT2D eigenvalue weighted by molar-refractivity contribution is 6.28. The summed E-state index contributed by atoms with van der Waals surface area (Å²) in [5.41, 5.74) is 2.21. The van der Waals surface area contributed by atoms with Crippen molar-refractivity contribution in [2.45, 2.75) is 6.92 Å². The highest BCUT2D eigenvalue weighted by Crippen LogP contribution is 2.15. The molecule has 0 saturated carbocycles. The van der Waals surface area contributed by atoms with Crippen LogP contribution >= 0.6 is 11.6 Å². The summed E-state index contributed by atoms with van der Waals surface area (Å²) in [6.07, 6.45) is 1.62. The molecule has 15 heavy (non-hydrogen) atoms. The van der Waals surface area contributed by atoms with Crippen LogP contribution in [0.2, 0.25) is 5.28 Å². The van der Waals surface area contributed by atoms with Gasteiger partial charge in [-0.2, -0.15) is 0 Å². The summed E-state index contributed by atoms with van der Waals surface area (Å²) < 4.78 is 0. The van der Waals surface area contributed by atoms with Crippen LogP contribution in [0.4, 0.5) is 11.5 Å². The minimum Gasteiger partial charge on any atom is -0.340 e. The van der Waals surface area contributed by atoms with E-state index in [-0.39, 0.29) is 5.28 Å². The largest absolute Gasteiger partial charge is 0.340 e. The molecular formula is C11H10ClN3. The average molecular weight is 220 g/mol. The van der Waals surface area contributed by atoms with Crippen LogP contribution in [0, 0.1) is 6.92 Å². The molecule has 0 saturated heterocycles. The topological polar surface area (TPSA) is 37.8 Å². The van der Waals surface area contributed by atoms with Gasteiger partial charge in [-0.15, -0.1) is 0 Å². The van der Waals surface area contributed by atoms with Crippen molar-refractivity contribution >= 4 is 23.1 Å². The predicted octanol–water partition coefficient (Wildman–Crippen LogP) is 3.18. The lowest BCUT2D eigenvalue weighted by Crippen LogP contribution is -1.94. The molecule has 0 fully saturated rings. The molecule has 4 heteroatoms. The van der Waals surface area contributed by atoms with Gasteiger partial charge >= 0.3 is 0 Å². The zero-order chi connectivity index (χ0) is 10.7. The Bertz CT molecular complexity index is 454. The van der Waals surface area contributed by atoms with Crippen LogP contribution < -0.4 is 5.32 Å². The second kappa shape index (κ2) is 4.28. The molecule has 0 spiro atoms. The molecule has 0 bridgehead atoms. The second-order valence-electron chi connectivity index (χ2n) is 3.20. The standard InChI is InChI=1S/C11H10ClN3/c1-8-2-4-9(5-3-8)14-10-6-7-13-11(12)15-10/h2-7H,1H3,(H,13,14,15). The number of benzene rings is 1. The third-order valence-electron chi connectivity index (χ3n) is 1.95. The smallest absolute Gasteiger partial charge is 0.224 e. The predicted molar refractivity (Wildman–Crippen MR) is 61.5 cm³/mol. The van der Waals surface area contributed by atoms with E-state index in [4.69, 9.17) is 11.6 Å². The summed E-state index contributed by atoms with van der Waals surface area (Å²) in [6, 6.07) is 9.82. The van der Waals surface area contributed by atoms with Crippen molar-refractivity contribution in [3.8, 4) is 0 Å². The van der Waals surface area contributed by atoms with Gasteiger partial charge in [0.15, 0.2) is 0 Å². The number of anilines is 2. The third kappa shape index (κ3) is 2.67. The van der Waals surface area contributed by atoms with Crippen molar-refractivity contribution in [2.75, 3.05) is 5.32 Å². The van der Waals surface area contributed by atoms with E-state index >= 15 is 0 Å². The summed E-state index contributed by atoms with van der Waals surface area (Å²) >= 11 is 5.67. The van der Waals surface area contributed by atoms with Gasteiger partial charge in [0.25, 0.3) is 0 Å². The highest BCUT2D eigenvalue weighted by Gasteiger charge is 1.96. The third-order valence-corrected chi connectivity index (χ3v) is 2.13. The first-order valence-corrected chi connectivity index (χ1v) is 4.94. The van der Waals surface area contributed by atoms with Gasteiger partial charge in [-0.1, -0.05) is 17.7 Å². The Morgan fingerprint density at radius 3 is 2.53 bits per heavy atom. The summed E-state index contributed by atoms with van der Waals surface area (Å²) in [5.74, 6) is 0.693. The molecule has 1 heterocycles. The van der Waals surface area contributed by atoms with Crippen LogP contribution in [0.3, 0.4) is 0 Å². The molecular weight excluding hydrogens is 210 g/mol. The van der Waals surface area contributed by atoms with Crippen molar-refractivity contribution in [3.63, 3.8) is 0 Å². The Kier molecular flexibility index (Phi) is 2.83. The number of aromatic nitrogens is 2. The number of nitrogens with one attached hydrogen (secondary N) is 1. The Morgan fingerprint density at radius 2 is 1.87 bits per heavy atom. The quantitative estimate of drug-likeness (QED) is 0.789. The number of nitrogens with zero attached hydrogens (tertiary/aromatic N) is 2. The number of rotatable bonds is 2. The normalized spacial score (nSPS) is 10.0. The first-order valence-electron chi connectivity index (χ1n) is 4.56. The maximum Gasteiger partial charge on any atom is 0.224 e. The summed E-state index contributed by atoms with van der Waals surface area (Å²) in [4.78, 5) is 7.84. The number of aryl methyl sites for hydroxylation is 1. The van der Waals surface area contributed by atoms with E-state index < -0.39 is 0 Å². The monoisotopic (exact) mass is 219 g/mol. The molecule has 1 aromatic heterocycles. The summed E-state index contributed by atoms with van der Waals surface area (Å²) in [6.45, 7) is 2.05. The molecule has 0 unspecified atom stereocenters. The first-order chi connectivity index (χ1) is 7.24. The van der Waals surface area contributed by atoms with E-state index in [1.54, 1.807) is 12.3 Å². The van der Waals surface area contributed by atoms with E-state index in [2.05, 4.69) is 15.3 Å². The van der Waals surface area contributed by atoms with E-state index in [0.29, 0.717) is 5.82 Å². The number of hydrogen-bond acceptors (Lipinski definition) is 3. The Labute approximate surface area is 93.1 Å². The van der Waals surface area contributed by atoms with Gasteiger partial charge in [-0.3, -0.25) is 0 Å². The molecule has 1 aromatic carbocycles. The Hall–Kier alpha value is -1.61. The van der Waals surface area contributed by atoms with E-state index in [0.717, 1.165) is 5.69 Å². The summed E-state index contributed by atoms with van der Waals surface area (Å²) in [5, 5.41) is 3.38. The van der Waals surface area contributed by atoms with Crippen LogP contribution in [-0.2, 0) is 0 Å². The van der Waals surface area contributed by atoms with Crippen molar-refractivity contribution in [1.29, 1.82) is 0 Å². The van der Waals surface area contributed by atoms with Crippen LogP contribution in [0.1, 0.15) is 5.56 Å². The van der Waals surface area contributed by atoms with E-state index in [1.165, 1.54) is 5.56 Å². The van der Waals surface area contributed by atoms with Crippen LogP contribution in [0.5, 0.6) is 0 Å². The molecule has 3 nitrogen and oxygen atoms in total. The van der Waals surface area contributed by atoms with Crippen LogP contribution in [-0.4, -0.2) is 9.97 Å². The van der Waals surface area contributed by atoms with Crippen molar-refractivity contribution in [2.24, 2.45) is 0 Å². The Morgan fingerprint density at radius 1 is 1.13 bits per heavy atom. The highest BCUT2D eigenvalue weighted by atomic mass is 35.5. The average Bonchev–Trinajstić information content (AvgIpc) is 2.22. The fraction of sp³-hybridized carbons (Fsp3) is 0.0909. The van der Waals surface area contributed by atoms with Gasteiger partial charge in [0.2, 0.25) is 5.28 Å². The van der Waals surface area contributed by atoms with Gasteiger partial charge in [0, 0.05) is 11.9 Å². The lowest BCUT2D eigenvalue weighted by molar-refractivity contribution is 1.17. The molecule has 0 atom stereocenters. The number of halogens is 1. The first kappa shape index (κ1) is 9.93. The SMILES string of the molecule is Cc1ccc(Nc2ccnc(Cl)n2)cc1. The minimum atomic E-state index is 0.243. The maximum atomic E-state index is 5.67. The Balaban J connectivity index is 2.18. The van der Waals surface area contributed by atoms with E-state index in [9.17, 15) is 0 Å². The zero-order valence-electron chi connectivity index (χ0n) is 8.24. The molecule has 2 aromatic rings. The second-order valence-corrected chi connectivity index (χ2v) is 3.54. The molecule has 0 radical (unpaired) electrons. The fourth-order valence-corrected chi connectivity index (χ4v) is 1.34.